The number of rotatable bonds is 9. The number of nitrogens with zero attached hydrogens (tertiary/aromatic N) is 3. The zero-order valence-corrected chi connectivity index (χ0v) is 21.2. The second-order valence-electron chi connectivity index (χ2n) is 10.2. The van der Waals surface area contributed by atoms with Crippen molar-refractivity contribution in [2.75, 3.05) is 39.0 Å². The zero-order chi connectivity index (χ0) is 26.1. The predicted octanol–water partition coefficient (Wildman–Crippen LogP) is 3.11. The molecule has 0 spiro atoms. The van der Waals surface area contributed by atoms with E-state index in [1.807, 2.05) is 27.7 Å². The number of hydrogen-bond donors (Lipinski definition) is 4. The van der Waals surface area contributed by atoms with Crippen LogP contribution in [0.2, 0.25) is 0 Å². The van der Waals surface area contributed by atoms with E-state index in [4.69, 9.17) is 14.9 Å². The van der Waals surface area contributed by atoms with Crippen molar-refractivity contribution >= 4 is 28.5 Å². The third kappa shape index (κ3) is 5.69. The van der Waals surface area contributed by atoms with Crippen molar-refractivity contribution in [2.45, 2.75) is 38.8 Å². The Morgan fingerprint density at radius 2 is 2.06 bits per heavy atom. The second kappa shape index (κ2) is 9.92. The average Bonchev–Trinajstić information content (AvgIpc) is 3.23. The molecule has 1 fully saturated rings. The first kappa shape index (κ1) is 25.7. The van der Waals surface area contributed by atoms with Crippen molar-refractivity contribution in [2.24, 2.45) is 0 Å². The van der Waals surface area contributed by atoms with Gasteiger partial charge >= 0.3 is 0 Å². The molecular weight excluding hydrogens is 465 g/mol. The number of benzene rings is 1. The van der Waals surface area contributed by atoms with Crippen LogP contribution in [0.3, 0.4) is 0 Å². The minimum absolute atomic E-state index is 0.0679. The van der Waals surface area contributed by atoms with E-state index in [9.17, 15) is 9.18 Å². The van der Waals surface area contributed by atoms with Crippen LogP contribution in [0.15, 0.2) is 30.6 Å². The molecule has 36 heavy (non-hydrogen) atoms. The number of halogens is 1. The normalized spacial score (nSPS) is 15.5. The van der Waals surface area contributed by atoms with Gasteiger partial charge in [0.1, 0.15) is 30.6 Å². The van der Waals surface area contributed by atoms with Crippen LogP contribution in [0.5, 0.6) is 0 Å². The SMILES string of the molecule is CNc1cc(F)ccc1C(=N)c1cnc2[nH]cc(C(=O)NC3(C)CN(COCOC(C)(C)C)C3)c2n1. The molecule has 0 atom stereocenters. The van der Waals surface area contributed by atoms with Gasteiger partial charge < -0.3 is 25.1 Å². The summed E-state index contributed by atoms with van der Waals surface area (Å²) in [6.45, 7) is 9.78. The number of amides is 1. The van der Waals surface area contributed by atoms with E-state index >= 15 is 0 Å². The van der Waals surface area contributed by atoms with Crippen molar-refractivity contribution in [3.8, 4) is 0 Å². The number of nitrogens with one attached hydrogen (secondary N) is 4. The molecule has 0 bridgehead atoms. The molecule has 10 nitrogen and oxygen atoms in total. The lowest BCUT2D eigenvalue weighted by molar-refractivity contribution is -0.155. The van der Waals surface area contributed by atoms with Crippen molar-refractivity contribution in [3.05, 3.63) is 53.2 Å². The lowest BCUT2D eigenvalue weighted by atomic mass is 9.92. The van der Waals surface area contributed by atoms with Gasteiger partial charge in [-0.3, -0.25) is 15.1 Å². The van der Waals surface area contributed by atoms with Gasteiger partial charge in [0.15, 0.2) is 5.65 Å². The Morgan fingerprint density at radius 3 is 2.75 bits per heavy atom. The Bertz CT molecular complexity index is 1280. The maximum absolute atomic E-state index is 13.6. The van der Waals surface area contributed by atoms with Crippen LogP contribution in [-0.4, -0.2) is 76.3 Å². The molecule has 4 rings (SSSR count). The van der Waals surface area contributed by atoms with E-state index < -0.39 is 11.4 Å². The van der Waals surface area contributed by atoms with Crippen molar-refractivity contribution in [1.29, 1.82) is 5.41 Å². The number of H-pyrrole nitrogens is 1. The highest BCUT2D eigenvalue weighted by molar-refractivity contribution is 6.14. The highest BCUT2D eigenvalue weighted by atomic mass is 19.1. The third-order valence-electron chi connectivity index (χ3n) is 5.81. The largest absolute Gasteiger partial charge is 0.387 e. The number of anilines is 1. The van der Waals surface area contributed by atoms with Crippen LogP contribution < -0.4 is 10.6 Å². The second-order valence-corrected chi connectivity index (χ2v) is 10.2. The number of carbonyl (C=O) groups is 1. The van der Waals surface area contributed by atoms with Gasteiger partial charge in [-0.15, -0.1) is 0 Å². The predicted molar refractivity (Wildman–Crippen MR) is 135 cm³/mol. The third-order valence-corrected chi connectivity index (χ3v) is 5.81. The molecule has 0 unspecified atom stereocenters. The summed E-state index contributed by atoms with van der Waals surface area (Å²) in [5.41, 5.74) is 1.76. The van der Waals surface area contributed by atoms with Crippen LogP contribution in [0.4, 0.5) is 10.1 Å². The number of hydrogen-bond acceptors (Lipinski definition) is 8. The minimum atomic E-state index is -0.414. The van der Waals surface area contributed by atoms with Gasteiger partial charge in [-0.05, 0) is 45.9 Å². The fourth-order valence-electron chi connectivity index (χ4n) is 4.10. The summed E-state index contributed by atoms with van der Waals surface area (Å²) in [5.74, 6) is -0.689. The molecule has 1 aliphatic heterocycles. The first-order valence-electron chi connectivity index (χ1n) is 11.7. The zero-order valence-electron chi connectivity index (χ0n) is 21.2. The Labute approximate surface area is 209 Å². The van der Waals surface area contributed by atoms with Crippen molar-refractivity contribution in [1.82, 2.24) is 25.2 Å². The quantitative estimate of drug-likeness (QED) is 0.203. The Balaban J connectivity index is 1.42. The molecule has 3 aromatic rings. The molecule has 1 aliphatic rings. The lowest BCUT2D eigenvalue weighted by Crippen LogP contribution is -2.68. The maximum atomic E-state index is 13.6. The van der Waals surface area contributed by atoms with E-state index in [1.165, 1.54) is 24.4 Å². The van der Waals surface area contributed by atoms with Gasteiger partial charge in [-0.1, -0.05) is 0 Å². The Kier molecular flexibility index (Phi) is 7.07. The summed E-state index contributed by atoms with van der Waals surface area (Å²) in [6, 6.07) is 4.12. The Hall–Kier alpha value is -3.41. The molecule has 0 radical (unpaired) electrons. The lowest BCUT2D eigenvalue weighted by Gasteiger charge is -2.48. The molecule has 192 valence electrons. The Morgan fingerprint density at radius 1 is 1.31 bits per heavy atom. The molecular formula is C25H32FN7O3. The first-order chi connectivity index (χ1) is 17.0. The van der Waals surface area contributed by atoms with Crippen molar-refractivity contribution < 1.29 is 18.7 Å². The summed E-state index contributed by atoms with van der Waals surface area (Å²) in [5, 5.41) is 14.6. The first-order valence-corrected chi connectivity index (χ1v) is 11.7. The van der Waals surface area contributed by atoms with Gasteiger partial charge in [-0.2, -0.15) is 0 Å². The van der Waals surface area contributed by atoms with Gasteiger partial charge in [0.2, 0.25) is 0 Å². The summed E-state index contributed by atoms with van der Waals surface area (Å²) in [6.07, 6.45) is 3.03. The molecule has 1 saturated heterocycles. The number of aromatic nitrogens is 3. The van der Waals surface area contributed by atoms with Crippen LogP contribution in [-0.2, 0) is 9.47 Å². The van der Waals surface area contributed by atoms with E-state index in [-0.39, 0.29) is 29.7 Å². The summed E-state index contributed by atoms with van der Waals surface area (Å²) >= 11 is 0. The van der Waals surface area contributed by atoms with E-state index in [1.54, 1.807) is 13.2 Å². The number of fused-ring (bicyclic) bond motifs is 1. The monoisotopic (exact) mass is 497 g/mol. The molecule has 1 aromatic carbocycles. The molecule has 1 amide bonds. The number of likely N-dealkylation sites (tertiary alicyclic amines) is 1. The highest BCUT2D eigenvalue weighted by Crippen LogP contribution is 2.24. The van der Waals surface area contributed by atoms with Gasteiger partial charge in [0.05, 0.1) is 28.6 Å². The summed E-state index contributed by atoms with van der Waals surface area (Å²) in [4.78, 5) is 27.0. The molecule has 3 heterocycles. The van der Waals surface area contributed by atoms with Gasteiger partial charge in [-0.25, -0.2) is 14.4 Å². The smallest absolute Gasteiger partial charge is 0.255 e. The molecule has 4 N–H and O–H groups in total. The number of ether oxygens (including phenoxy) is 2. The van der Waals surface area contributed by atoms with E-state index in [0.717, 1.165) is 0 Å². The fourth-order valence-corrected chi connectivity index (χ4v) is 4.10. The van der Waals surface area contributed by atoms with E-state index in [2.05, 4.69) is 30.5 Å². The molecule has 0 aliphatic carbocycles. The summed E-state index contributed by atoms with van der Waals surface area (Å²) < 4.78 is 24.7. The minimum Gasteiger partial charge on any atom is -0.387 e. The van der Waals surface area contributed by atoms with Crippen LogP contribution in [0.25, 0.3) is 11.2 Å². The van der Waals surface area contributed by atoms with Crippen LogP contribution >= 0.6 is 0 Å². The molecule has 11 heteroatoms. The van der Waals surface area contributed by atoms with E-state index in [0.29, 0.717) is 47.8 Å². The van der Waals surface area contributed by atoms with Crippen LogP contribution in [0.1, 0.15) is 49.3 Å². The fraction of sp³-hybridized carbons (Fsp3) is 0.440. The number of carbonyl (C=O) groups excluding carboxylic acids is 1. The van der Waals surface area contributed by atoms with Crippen LogP contribution in [0, 0.1) is 11.2 Å². The molecule has 2 aromatic heterocycles. The molecule has 0 saturated carbocycles. The van der Waals surface area contributed by atoms with Gasteiger partial charge in [0.25, 0.3) is 5.91 Å². The standard InChI is InChI=1S/C25H32FN7O3/c1-24(2,3)36-14-35-13-33-11-25(4,12-33)32-23(34)17-9-29-22-21(17)31-19(10-30-22)20(27)16-7-6-15(26)8-18(16)28-5/h6-10,27-28H,11-14H2,1-5H3,(H,29,30)(H,32,34). The highest BCUT2D eigenvalue weighted by Gasteiger charge is 2.40. The van der Waals surface area contributed by atoms with Crippen molar-refractivity contribution in [3.63, 3.8) is 0 Å². The number of aromatic amines is 1. The topological polar surface area (TPSA) is 128 Å². The average molecular weight is 498 g/mol. The summed E-state index contributed by atoms with van der Waals surface area (Å²) in [7, 11) is 1.66. The maximum Gasteiger partial charge on any atom is 0.255 e. The van der Waals surface area contributed by atoms with Gasteiger partial charge in [0, 0.05) is 37.6 Å².